The number of carboxylic acids is 1. The molecule has 1 heterocycles. The van der Waals surface area contributed by atoms with Crippen LogP contribution in [-0.4, -0.2) is 29.8 Å². The van der Waals surface area contributed by atoms with Gasteiger partial charge in [0.1, 0.15) is 13.3 Å². The summed E-state index contributed by atoms with van der Waals surface area (Å²) in [5.41, 5.74) is -0.111. The first-order chi connectivity index (χ1) is 6.06. The number of nitrogens with zero attached hydrogens (tertiary/aromatic N) is 1. The first-order valence-corrected chi connectivity index (χ1v) is 3.36. The SMILES string of the molecule is [B]c1cc(C(=O)O)cn(C=N)c1=N. The number of hydrogen-bond donors (Lipinski definition) is 3. The molecule has 6 heteroatoms. The van der Waals surface area contributed by atoms with Crippen LogP contribution in [0.1, 0.15) is 10.4 Å². The summed E-state index contributed by atoms with van der Waals surface area (Å²) in [4.78, 5) is 10.5. The lowest BCUT2D eigenvalue weighted by Gasteiger charge is -2.03. The van der Waals surface area contributed by atoms with Crippen molar-refractivity contribution in [2.24, 2.45) is 0 Å². The van der Waals surface area contributed by atoms with E-state index in [4.69, 9.17) is 23.8 Å². The van der Waals surface area contributed by atoms with Gasteiger partial charge in [0.2, 0.25) is 0 Å². The smallest absolute Gasteiger partial charge is 0.337 e. The highest BCUT2D eigenvalue weighted by Gasteiger charge is 2.04. The van der Waals surface area contributed by atoms with Crippen LogP contribution in [0.5, 0.6) is 0 Å². The minimum absolute atomic E-state index is 0.0309. The van der Waals surface area contributed by atoms with E-state index in [0.29, 0.717) is 0 Å². The Balaban J connectivity index is 3.47. The third-order valence-electron chi connectivity index (χ3n) is 1.51. The lowest BCUT2D eigenvalue weighted by atomic mass is 9.96. The van der Waals surface area contributed by atoms with Crippen molar-refractivity contribution in [2.45, 2.75) is 0 Å². The van der Waals surface area contributed by atoms with E-state index in [1.54, 1.807) is 0 Å². The highest BCUT2D eigenvalue weighted by atomic mass is 16.4. The number of carboxylic acid groups (broad SMARTS) is 1. The van der Waals surface area contributed by atoms with E-state index >= 15 is 0 Å². The fraction of sp³-hybridized carbons (Fsp3) is 0. The number of aromatic nitrogens is 1. The molecule has 0 aliphatic carbocycles. The zero-order valence-electron chi connectivity index (χ0n) is 6.61. The molecule has 2 radical (unpaired) electrons. The zero-order chi connectivity index (χ0) is 10.0. The van der Waals surface area contributed by atoms with E-state index in [9.17, 15) is 4.79 Å². The highest BCUT2D eigenvalue weighted by molar-refractivity contribution is 6.32. The summed E-state index contributed by atoms with van der Waals surface area (Å²) >= 11 is 0. The summed E-state index contributed by atoms with van der Waals surface area (Å²) in [5.74, 6) is -1.14. The predicted molar refractivity (Wildman–Crippen MR) is 46.8 cm³/mol. The molecular formula is C7H6BN3O2. The maximum atomic E-state index is 10.5. The molecule has 13 heavy (non-hydrogen) atoms. The standard InChI is InChI=1S/C7H6BN3O2/c8-5-1-4(7(12)13)2-11(3-9)6(5)10/h1-3,9-10H,(H,12,13). The molecule has 0 aliphatic heterocycles. The Morgan fingerprint density at radius 1 is 1.69 bits per heavy atom. The summed E-state index contributed by atoms with van der Waals surface area (Å²) in [6.07, 6.45) is 1.99. The van der Waals surface area contributed by atoms with Crippen LogP contribution in [0.15, 0.2) is 12.3 Å². The van der Waals surface area contributed by atoms with Crippen molar-refractivity contribution in [3.8, 4) is 0 Å². The second kappa shape index (κ2) is 3.26. The molecule has 0 atom stereocenters. The van der Waals surface area contributed by atoms with Crippen molar-refractivity contribution in [3.63, 3.8) is 0 Å². The van der Waals surface area contributed by atoms with Crippen molar-refractivity contribution in [2.75, 3.05) is 0 Å². The minimum Gasteiger partial charge on any atom is -0.478 e. The lowest BCUT2D eigenvalue weighted by Crippen LogP contribution is -2.35. The Kier molecular flexibility index (Phi) is 2.32. The molecule has 0 fully saturated rings. The summed E-state index contributed by atoms with van der Waals surface area (Å²) in [6, 6.07) is 1.19. The van der Waals surface area contributed by atoms with E-state index in [-0.39, 0.29) is 16.5 Å². The van der Waals surface area contributed by atoms with Gasteiger partial charge in [-0.05, 0) is 6.07 Å². The van der Waals surface area contributed by atoms with E-state index in [1.165, 1.54) is 6.07 Å². The van der Waals surface area contributed by atoms with E-state index in [0.717, 1.165) is 17.1 Å². The second-order valence-electron chi connectivity index (χ2n) is 2.37. The number of carbonyl (C=O) groups is 1. The number of pyridine rings is 1. The molecular weight excluding hydrogens is 169 g/mol. The topological polar surface area (TPSA) is 89.9 Å². The Bertz CT molecular complexity index is 424. The van der Waals surface area contributed by atoms with Crippen LogP contribution in [-0.2, 0) is 0 Å². The third kappa shape index (κ3) is 1.66. The Morgan fingerprint density at radius 3 is 2.77 bits per heavy atom. The number of aromatic carboxylic acids is 1. The van der Waals surface area contributed by atoms with Crippen LogP contribution >= 0.6 is 0 Å². The van der Waals surface area contributed by atoms with Gasteiger partial charge in [0.05, 0.1) is 11.9 Å². The molecule has 64 valence electrons. The number of rotatable bonds is 2. The Labute approximate surface area is 75.1 Å². The fourth-order valence-corrected chi connectivity index (χ4v) is 0.855. The molecule has 0 spiro atoms. The van der Waals surface area contributed by atoms with E-state index in [1.807, 2.05) is 0 Å². The van der Waals surface area contributed by atoms with Crippen LogP contribution in [0.2, 0.25) is 0 Å². The first-order valence-electron chi connectivity index (χ1n) is 3.36. The van der Waals surface area contributed by atoms with Gasteiger partial charge in [-0.2, -0.15) is 0 Å². The third-order valence-corrected chi connectivity index (χ3v) is 1.51. The molecule has 0 saturated heterocycles. The van der Waals surface area contributed by atoms with Crippen molar-refractivity contribution < 1.29 is 9.90 Å². The fourth-order valence-electron chi connectivity index (χ4n) is 0.855. The number of nitrogens with one attached hydrogen (secondary N) is 2. The monoisotopic (exact) mass is 175 g/mol. The molecule has 0 unspecified atom stereocenters. The maximum absolute atomic E-state index is 10.5. The minimum atomic E-state index is -1.14. The summed E-state index contributed by atoms with van der Waals surface area (Å²) in [5, 5.41) is 22.8. The van der Waals surface area contributed by atoms with E-state index < -0.39 is 5.97 Å². The molecule has 1 rings (SSSR count). The van der Waals surface area contributed by atoms with Gasteiger partial charge in [0, 0.05) is 6.20 Å². The van der Waals surface area contributed by atoms with Crippen LogP contribution in [0.3, 0.4) is 0 Å². The molecule has 0 aliphatic rings. The second-order valence-corrected chi connectivity index (χ2v) is 2.37. The normalized spacial score (nSPS) is 9.54. The van der Waals surface area contributed by atoms with Crippen LogP contribution < -0.4 is 11.0 Å². The average molecular weight is 175 g/mol. The van der Waals surface area contributed by atoms with Gasteiger partial charge >= 0.3 is 5.97 Å². The summed E-state index contributed by atoms with van der Waals surface area (Å²) in [6.45, 7) is 0. The molecule has 1 aromatic heterocycles. The van der Waals surface area contributed by atoms with Gasteiger partial charge in [-0.3, -0.25) is 15.4 Å². The highest BCUT2D eigenvalue weighted by Crippen LogP contribution is 1.91. The largest absolute Gasteiger partial charge is 0.478 e. The molecule has 0 saturated carbocycles. The Morgan fingerprint density at radius 2 is 2.31 bits per heavy atom. The Hall–Kier alpha value is -1.85. The number of hydrogen-bond acceptors (Lipinski definition) is 3. The predicted octanol–water partition coefficient (Wildman–Crippen LogP) is -1.09. The molecule has 0 amide bonds. The molecule has 3 N–H and O–H groups in total. The van der Waals surface area contributed by atoms with Gasteiger partial charge in [-0.1, -0.05) is 5.46 Å². The van der Waals surface area contributed by atoms with Gasteiger partial charge in [0.25, 0.3) is 0 Å². The van der Waals surface area contributed by atoms with Gasteiger partial charge in [-0.25, -0.2) is 4.79 Å². The van der Waals surface area contributed by atoms with Crippen molar-refractivity contribution >= 4 is 25.6 Å². The van der Waals surface area contributed by atoms with Crippen LogP contribution in [0, 0.1) is 10.8 Å². The van der Waals surface area contributed by atoms with E-state index in [2.05, 4.69) is 0 Å². The van der Waals surface area contributed by atoms with Gasteiger partial charge in [-0.15, -0.1) is 0 Å². The van der Waals surface area contributed by atoms with Gasteiger partial charge in [0.15, 0.2) is 0 Å². The summed E-state index contributed by atoms with van der Waals surface area (Å²) in [7, 11) is 5.36. The van der Waals surface area contributed by atoms with Crippen molar-refractivity contribution in [1.29, 1.82) is 10.8 Å². The maximum Gasteiger partial charge on any atom is 0.337 e. The average Bonchev–Trinajstić information content (AvgIpc) is 2.09. The molecule has 0 aromatic carbocycles. The zero-order valence-corrected chi connectivity index (χ0v) is 6.61. The molecule has 1 aromatic rings. The molecule has 5 nitrogen and oxygen atoms in total. The lowest BCUT2D eigenvalue weighted by molar-refractivity contribution is 0.0696. The van der Waals surface area contributed by atoms with Crippen LogP contribution in [0.4, 0.5) is 0 Å². The van der Waals surface area contributed by atoms with Crippen LogP contribution in [0.25, 0.3) is 0 Å². The van der Waals surface area contributed by atoms with Crippen molar-refractivity contribution in [1.82, 2.24) is 4.57 Å². The quantitative estimate of drug-likeness (QED) is 0.303. The van der Waals surface area contributed by atoms with Gasteiger partial charge < -0.3 is 5.11 Å². The summed E-state index contributed by atoms with van der Waals surface area (Å²) < 4.78 is 1.03. The first kappa shape index (κ1) is 9.24. The van der Waals surface area contributed by atoms with Crippen molar-refractivity contribution in [3.05, 3.63) is 23.3 Å². The molecule has 0 bridgehead atoms.